The van der Waals surface area contributed by atoms with Gasteiger partial charge in [0.1, 0.15) is 0 Å². The summed E-state index contributed by atoms with van der Waals surface area (Å²) >= 11 is 0. The van der Waals surface area contributed by atoms with Gasteiger partial charge in [-0.3, -0.25) is 0 Å². The summed E-state index contributed by atoms with van der Waals surface area (Å²) in [7, 11) is 0. The Labute approximate surface area is 82.3 Å². The van der Waals surface area contributed by atoms with E-state index in [0.717, 1.165) is 24.9 Å². The van der Waals surface area contributed by atoms with Crippen molar-refractivity contribution in [3.8, 4) is 0 Å². The number of nitrogens with one attached hydrogen (secondary N) is 1. The van der Waals surface area contributed by atoms with Crippen molar-refractivity contribution in [3.63, 3.8) is 0 Å². The molecular weight excluding hydrogens is 160 g/mol. The Morgan fingerprint density at radius 3 is 2.38 bits per heavy atom. The summed E-state index contributed by atoms with van der Waals surface area (Å²) in [6.07, 6.45) is 4.08. The van der Waals surface area contributed by atoms with Crippen LogP contribution in [-0.2, 0) is 0 Å². The second kappa shape index (κ2) is 4.43. The Balaban J connectivity index is 2.28. The first-order chi connectivity index (χ1) is 6.03. The van der Waals surface area contributed by atoms with Gasteiger partial charge in [-0.1, -0.05) is 6.42 Å². The average Bonchev–Trinajstić information content (AvgIpc) is 2.46. The van der Waals surface area contributed by atoms with Crippen LogP contribution >= 0.6 is 0 Å². The lowest BCUT2D eigenvalue weighted by atomic mass is 9.95. The zero-order valence-corrected chi connectivity index (χ0v) is 9.27. The SMILES string of the molecule is CC(C)(C)NCC1CCCC1CN. The Hall–Kier alpha value is -0.0800. The molecule has 0 radical (unpaired) electrons. The van der Waals surface area contributed by atoms with E-state index in [1.165, 1.54) is 19.3 Å². The van der Waals surface area contributed by atoms with Crippen LogP contribution in [0.5, 0.6) is 0 Å². The predicted octanol–water partition coefficient (Wildman–Crippen LogP) is 1.75. The molecule has 0 saturated heterocycles. The van der Waals surface area contributed by atoms with E-state index >= 15 is 0 Å². The van der Waals surface area contributed by atoms with Crippen molar-refractivity contribution >= 4 is 0 Å². The molecule has 0 heterocycles. The molecule has 1 rings (SSSR count). The van der Waals surface area contributed by atoms with Gasteiger partial charge in [0.2, 0.25) is 0 Å². The summed E-state index contributed by atoms with van der Waals surface area (Å²) < 4.78 is 0. The monoisotopic (exact) mass is 184 g/mol. The molecule has 78 valence electrons. The van der Waals surface area contributed by atoms with Crippen LogP contribution in [0.3, 0.4) is 0 Å². The summed E-state index contributed by atoms with van der Waals surface area (Å²) in [5.41, 5.74) is 5.99. The first-order valence-electron chi connectivity index (χ1n) is 5.48. The highest BCUT2D eigenvalue weighted by atomic mass is 14.9. The molecule has 1 saturated carbocycles. The number of nitrogens with two attached hydrogens (primary N) is 1. The van der Waals surface area contributed by atoms with Crippen molar-refractivity contribution in [2.45, 2.75) is 45.6 Å². The molecule has 2 unspecified atom stereocenters. The highest BCUT2D eigenvalue weighted by Gasteiger charge is 2.26. The standard InChI is InChI=1S/C11H24N2/c1-11(2,3)13-8-10-6-4-5-9(10)7-12/h9-10,13H,4-8,12H2,1-3H3. The molecule has 0 aromatic heterocycles. The zero-order valence-electron chi connectivity index (χ0n) is 9.27. The minimum atomic E-state index is 0.252. The maximum atomic E-state index is 5.74. The Kier molecular flexibility index (Phi) is 3.74. The fourth-order valence-electron chi connectivity index (χ4n) is 2.13. The van der Waals surface area contributed by atoms with Crippen molar-refractivity contribution in [3.05, 3.63) is 0 Å². The summed E-state index contributed by atoms with van der Waals surface area (Å²) in [5, 5.41) is 3.57. The van der Waals surface area contributed by atoms with Crippen LogP contribution in [-0.4, -0.2) is 18.6 Å². The number of hydrogen-bond acceptors (Lipinski definition) is 2. The molecule has 1 aliphatic carbocycles. The molecule has 3 N–H and O–H groups in total. The summed E-state index contributed by atoms with van der Waals surface area (Å²) in [6.45, 7) is 8.68. The highest BCUT2D eigenvalue weighted by Crippen LogP contribution is 2.30. The van der Waals surface area contributed by atoms with Crippen LogP contribution in [0.15, 0.2) is 0 Å². The van der Waals surface area contributed by atoms with Gasteiger partial charge in [0.25, 0.3) is 0 Å². The molecule has 2 nitrogen and oxygen atoms in total. The van der Waals surface area contributed by atoms with E-state index in [4.69, 9.17) is 5.73 Å². The molecule has 0 spiro atoms. The van der Waals surface area contributed by atoms with Gasteiger partial charge >= 0.3 is 0 Å². The third-order valence-electron chi connectivity index (χ3n) is 3.01. The Bertz CT molecular complexity index is 149. The maximum absolute atomic E-state index is 5.74. The second-order valence-corrected chi connectivity index (χ2v) is 5.32. The molecule has 0 aromatic rings. The molecule has 1 fully saturated rings. The topological polar surface area (TPSA) is 38.0 Å². The van der Waals surface area contributed by atoms with E-state index in [0.29, 0.717) is 0 Å². The van der Waals surface area contributed by atoms with Crippen molar-refractivity contribution in [2.24, 2.45) is 17.6 Å². The third kappa shape index (κ3) is 3.65. The lowest BCUT2D eigenvalue weighted by Gasteiger charge is -2.25. The number of rotatable bonds is 3. The molecule has 0 bridgehead atoms. The van der Waals surface area contributed by atoms with Gasteiger partial charge in [0.15, 0.2) is 0 Å². The van der Waals surface area contributed by atoms with E-state index in [-0.39, 0.29) is 5.54 Å². The Morgan fingerprint density at radius 1 is 1.23 bits per heavy atom. The van der Waals surface area contributed by atoms with Gasteiger partial charge in [-0.05, 0) is 58.5 Å². The fraction of sp³-hybridized carbons (Fsp3) is 1.00. The van der Waals surface area contributed by atoms with Gasteiger partial charge < -0.3 is 11.1 Å². The van der Waals surface area contributed by atoms with Crippen molar-refractivity contribution < 1.29 is 0 Å². The fourth-order valence-corrected chi connectivity index (χ4v) is 2.13. The minimum absolute atomic E-state index is 0.252. The highest BCUT2D eigenvalue weighted by molar-refractivity contribution is 4.82. The quantitative estimate of drug-likeness (QED) is 0.701. The first kappa shape index (κ1) is 11.0. The summed E-state index contributed by atoms with van der Waals surface area (Å²) in [6, 6.07) is 0. The molecule has 2 heteroatoms. The molecule has 0 aromatic carbocycles. The third-order valence-corrected chi connectivity index (χ3v) is 3.01. The molecule has 13 heavy (non-hydrogen) atoms. The van der Waals surface area contributed by atoms with Crippen LogP contribution in [0.25, 0.3) is 0 Å². The van der Waals surface area contributed by atoms with Crippen LogP contribution in [0.2, 0.25) is 0 Å². The van der Waals surface area contributed by atoms with Crippen molar-refractivity contribution in [1.29, 1.82) is 0 Å². The predicted molar refractivity (Wildman–Crippen MR) is 57.6 cm³/mol. The van der Waals surface area contributed by atoms with Gasteiger partial charge in [-0.2, -0.15) is 0 Å². The summed E-state index contributed by atoms with van der Waals surface area (Å²) in [5.74, 6) is 1.60. The molecule has 0 amide bonds. The van der Waals surface area contributed by atoms with E-state index in [2.05, 4.69) is 26.1 Å². The Morgan fingerprint density at radius 2 is 1.85 bits per heavy atom. The normalized spacial score (nSPS) is 29.5. The van der Waals surface area contributed by atoms with Crippen LogP contribution in [0.1, 0.15) is 40.0 Å². The van der Waals surface area contributed by atoms with Crippen molar-refractivity contribution in [2.75, 3.05) is 13.1 Å². The lowest BCUT2D eigenvalue weighted by molar-refractivity contribution is 0.322. The smallest absolute Gasteiger partial charge is 0.00966 e. The molecule has 1 aliphatic rings. The van der Waals surface area contributed by atoms with Crippen LogP contribution in [0, 0.1) is 11.8 Å². The van der Waals surface area contributed by atoms with Gasteiger partial charge in [-0.15, -0.1) is 0 Å². The average molecular weight is 184 g/mol. The van der Waals surface area contributed by atoms with Crippen molar-refractivity contribution in [1.82, 2.24) is 5.32 Å². The summed E-state index contributed by atoms with van der Waals surface area (Å²) in [4.78, 5) is 0. The zero-order chi connectivity index (χ0) is 9.90. The molecular formula is C11H24N2. The van der Waals surface area contributed by atoms with Gasteiger partial charge in [0, 0.05) is 5.54 Å². The minimum Gasteiger partial charge on any atom is -0.330 e. The van der Waals surface area contributed by atoms with Crippen LogP contribution < -0.4 is 11.1 Å². The maximum Gasteiger partial charge on any atom is 0.00966 e. The lowest BCUT2D eigenvalue weighted by Crippen LogP contribution is -2.40. The van der Waals surface area contributed by atoms with Gasteiger partial charge in [-0.25, -0.2) is 0 Å². The molecule has 0 aliphatic heterocycles. The van der Waals surface area contributed by atoms with E-state index in [1.807, 2.05) is 0 Å². The number of hydrogen-bond donors (Lipinski definition) is 2. The van der Waals surface area contributed by atoms with Gasteiger partial charge in [0.05, 0.1) is 0 Å². The molecule has 2 atom stereocenters. The second-order valence-electron chi connectivity index (χ2n) is 5.32. The van der Waals surface area contributed by atoms with Crippen LogP contribution in [0.4, 0.5) is 0 Å². The largest absolute Gasteiger partial charge is 0.330 e. The van der Waals surface area contributed by atoms with E-state index in [9.17, 15) is 0 Å². The van der Waals surface area contributed by atoms with E-state index < -0.39 is 0 Å². The van der Waals surface area contributed by atoms with E-state index in [1.54, 1.807) is 0 Å². The first-order valence-corrected chi connectivity index (χ1v) is 5.48.